The second kappa shape index (κ2) is 7.15. The summed E-state index contributed by atoms with van der Waals surface area (Å²) in [5, 5.41) is 0.899. The normalized spacial score (nSPS) is 12.6. The van der Waals surface area contributed by atoms with Crippen molar-refractivity contribution in [1.82, 2.24) is 0 Å². The standard InChI is InChI=1S/C21H18O6/c1-24-13-5-7-14(8-6-13)25-12-20(22)26-15-9-10-17-16-3-2-4-18(16)21(23)27-19(17)11-15/h5-11H,2-4,12H2,1H3. The number of benzene rings is 2. The number of rotatable bonds is 5. The first-order chi connectivity index (χ1) is 13.1. The predicted octanol–water partition coefficient (Wildman–Crippen LogP) is 3.27. The van der Waals surface area contributed by atoms with Crippen molar-refractivity contribution < 1.29 is 23.4 Å². The third-order valence-electron chi connectivity index (χ3n) is 4.59. The second-order valence-corrected chi connectivity index (χ2v) is 6.30. The van der Waals surface area contributed by atoms with Crippen molar-refractivity contribution in [2.45, 2.75) is 19.3 Å². The minimum atomic E-state index is -0.548. The monoisotopic (exact) mass is 366 g/mol. The van der Waals surface area contributed by atoms with E-state index in [9.17, 15) is 9.59 Å². The molecule has 0 radical (unpaired) electrons. The number of ether oxygens (including phenoxy) is 3. The molecule has 0 unspecified atom stereocenters. The van der Waals surface area contributed by atoms with Crippen LogP contribution in [0.25, 0.3) is 11.0 Å². The van der Waals surface area contributed by atoms with E-state index in [1.807, 2.05) is 6.07 Å². The number of carbonyl (C=O) groups is 1. The Hall–Kier alpha value is -3.28. The summed E-state index contributed by atoms with van der Waals surface area (Å²) in [5.74, 6) is 1.00. The zero-order valence-electron chi connectivity index (χ0n) is 14.8. The maximum absolute atomic E-state index is 12.1. The minimum absolute atomic E-state index is 0.238. The molecule has 0 N–H and O–H groups in total. The van der Waals surface area contributed by atoms with Crippen molar-refractivity contribution in [2.24, 2.45) is 0 Å². The molecule has 4 rings (SSSR count). The predicted molar refractivity (Wildman–Crippen MR) is 98.6 cm³/mol. The summed E-state index contributed by atoms with van der Waals surface area (Å²) in [6.07, 6.45) is 2.58. The van der Waals surface area contributed by atoms with E-state index in [4.69, 9.17) is 18.6 Å². The van der Waals surface area contributed by atoms with Crippen LogP contribution in [0.5, 0.6) is 17.2 Å². The van der Waals surface area contributed by atoms with Gasteiger partial charge in [0.2, 0.25) is 0 Å². The number of fused-ring (bicyclic) bond motifs is 3. The fourth-order valence-corrected chi connectivity index (χ4v) is 3.30. The van der Waals surface area contributed by atoms with Crippen LogP contribution < -0.4 is 19.8 Å². The molecular formula is C21H18O6. The topological polar surface area (TPSA) is 75.0 Å². The van der Waals surface area contributed by atoms with Crippen LogP contribution in [-0.2, 0) is 17.6 Å². The lowest BCUT2D eigenvalue weighted by molar-refractivity contribution is -0.136. The van der Waals surface area contributed by atoms with Crippen molar-refractivity contribution in [2.75, 3.05) is 13.7 Å². The third kappa shape index (κ3) is 3.51. The quantitative estimate of drug-likeness (QED) is 0.392. The molecule has 138 valence electrons. The molecule has 1 aromatic heterocycles. The van der Waals surface area contributed by atoms with Gasteiger partial charge in [-0.3, -0.25) is 0 Å². The summed E-state index contributed by atoms with van der Waals surface area (Å²) >= 11 is 0. The third-order valence-corrected chi connectivity index (χ3v) is 4.59. The number of aryl methyl sites for hydroxylation is 1. The average molecular weight is 366 g/mol. The van der Waals surface area contributed by atoms with Crippen LogP contribution in [0, 0.1) is 0 Å². The first-order valence-corrected chi connectivity index (χ1v) is 8.70. The Morgan fingerprint density at radius 1 is 1.00 bits per heavy atom. The molecule has 1 heterocycles. The molecule has 0 fully saturated rings. The molecule has 6 heteroatoms. The lowest BCUT2D eigenvalue weighted by Crippen LogP contribution is -2.17. The van der Waals surface area contributed by atoms with E-state index >= 15 is 0 Å². The largest absolute Gasteiger partial charge is 0.497 e. The fraction of sp³-hybridized carbons (Fsp3) is 0.238. The summed E-state index contributed by atoms with van der Waals surface area (Å²) in [6, 6.07) is 12.0. The smallest absolute Gasteiger partial charge is 0.349 e. The zero-order chi connectivity index (χ0) is 18.8. The van der Waals surface area contributed by atoms with Gasteiger partial charge in [-0.05, 0) is 61.2 Å². The van der Waals surface area contributed by atoms with Crippen LogP contribution in [0.4, 0.5) is 0 Å². The highest BCUT2D eigenvalue weighted by molar-refractivity contribution is 5.84. The van der Waals surface area contributed by atoms with Gasteiger partial charge in [0.15, 0.2) is 6.61 Å². The molecule has 0 amide bonds. The lowest BCUT2D eigenvalue weighted by atomic mass is 10.1. The molecule has 0 saturated carbocycles. The van der Waals surface area contributed by atoms with Gasteiger partial charge in [0, 0.05) is 17.0 Å². The Balaban J connectivity index is 1.45. The first-order valence-electron chi connectivity index (χ1n) is 8.70. The Morgan fingerprint density at radius 3 is 2.48 bits per heavy atom. The van der Waals surface area contributed by atoms with Crippen LogP contribution in [0.1, 0.15) is 17.5 Å². The Kier molecular flexibility index (Phi) is 4.54. The summed E-state index contributed by atoms with van der Waals surface area (Å²) in [6.45, 7) is -0.238. The van der Waals surface area contributed by atoms with Crippen LogP contribution in [-0.4, -0.2) is 19.7 Å². The van der Waals surface area contributed by atoms with Crippen molar-refractivity contribution in [3.63, 3.8) is 0 Å². The number of carbonyl (C=O) groups excluding carboxylic acids is 1. The summed E-state index contributed by atoms with van der Waals surface area (Å²) in [7, 11) is 1.58. The number of methoxy groups -OCH3 is 1. The highest BCUT2D eigenvalue weighted by Gasteiger charge is 2.20. The maximum Gasteiger partial charge on any atom is 0.349 e. The average Bonchev–Trinajstić information content (AvgIpc) is 3.17. The highest BCUT2D eigenvalue weighted by atomic mass is 16.6. The molecule has 6 nitrogen and oxygen atoms in total. The number of esters is 1. The van der Waals surface area contributed by atoms with Crippen LogP contribution in [0.2, 0.25) is 0 Å². The molecule has 2 aromatic carbocycles. The molecule has 0 spiro atoms. The molecule has 0 atom stereocenters. The Morgan fingerprint density at radius 2 is 1.70 bits per heavy atom. The summed E-state index contributed by atoms with van der Waals surface area (Å²) < 4.78 is 21.2. The Bertz CT molecular complexity index is 1050. The van der Waals surface area contributed by atoms with E-state index in [0.717, 1.165) is 35.8 Å². The van der Waals surface area contributed by atoms with Crippen LogP contribution in [0.15, 0.2) is 51.7 Å². The van der Waals surface area contributed by atoms with Gasteiger partial charge in [0.05, 0.1) is 7.11 Å². The van der Waals surface area contributed by atoms with Crippen LogP contribution >= 0.6 is 0 Å². The number of hydrogen-bond donors (Lipinski definition) is 0. The van der Waals surface area contributed by atoms with Gasteiger partial charge in [-0.15, -0.1) is 0 Å². The molecule has 0 bridgehead atoms. The molecule has 1 aliphatic rings. The lowest BCUT2D eigenvalue weighted by Gasteiger charge is -2.09. The van der Waals surface area contributed by atoms with E-state index in [1.165, 1.54) is 0 Å². The fourth-order valence-electron chi connectivity index (χ4n) is 3.30. The summed E-state index contributed by atoms with van der Waals surface area (Å²) in [5.41, 5.74) is 1.94. The van der Waals surface area contributed by atoms with E-state index in [1.54, 1.807) is 43.5 Å². The maximum atomic E-state index is 12.1. The molecule has 27 heavy (non-hydrogen) atoms. The van der Waals surface area contributed by atoms with Crippen LogP contribution in [0.3, 0.4) is 0 Å². The van der Waals surface area contributed by atoms with Gasteiger partial charge in [-0.2, -0.15) is 0 Å². The van der Waals surface area contributed by atoms with Gasteiger partial charge < -0.3 is 18.6 Å². The van der Waals surface area contributed by atoms with Gasteiger partial charge in [0.25, 0.3) is 0 Å². The Labute approximate surface area is 155 Å². The van der Waals surface area contributed by atoms with E-state index in [0.29, 0.717) is 22.8 Å². The second-order valence-electron chi connectivity index (χ2n) is 6.30. The van der Waals surface area contributed by atoms with Crippen molar-refractivity contribution in [3.8, 4) is 17.2 Å². The molecule has 3 aromatic rings. The van der Waals surface area contributed by atoms with Gasteiger partial charge in [-0.25, -0.2) is 9.59 Å². The van der Waals surface area contributed by atoms with Crippen molar-refractivity contribution >= 4 is 16.9 Å². The molecular weight excluding hydrogens is 348 g/mol. The van der Waals surface area contributed by atoms with Gasteiger partial charge in [0.1, 0.15) is 22.8 Å². The van der Waals surface area contributed by atoms with E-state index in [-0.39, 0.29) is 12.2 Å². The van der Waals surface area contributed by atoms with E-state index < -0.39 is 5.97 Å². The molecule has 1 aliphatic carbocycles. The summed E-state index contributed by atoms with van der Waals surface area (Å²) in [4.78, 5) is 24.1. The number of hydrogen-bond acceptors (Lipinski definition) is 6. The van der Waals surface area contributed by atoms with Crippen molar-refractivity contribution in [3.05, 3.63) is 64.0 Å². The van der Waals surface area contributed by atoms with Gasteiger partial charge >= 0.3 is 11.6 Å². The van der Waals surface area contributed by atoms with E-state index in [2.05, 4.69) is 0 Å². The minimum Gasteiger partial charge on any atom is -0.497 e. The van der Waals surface area contributed by atoms with Gasteiger partial charge in [-0.1, -0.05) is 0 Å². The first kappa shape index (κ1) is 17.1. The highest BCUT2D eigenvalue weighted by Crippen LogP contribution is 2.29. The van der Waals surface area contributed by atoms with Crippen molar-refractivity contribution in [1.29, 1.82) is 0 Å². The zero-order valence-corrected chi connectivity index (χ0v) is 14.8. The SMILES string of the molecule is COc1ccc(OCC(=O)Oc2ccc3c4c(c(=O)oc3c2)CCC4)cc1. The molecule has 0 aliphatic heterocycles. The molecule has 0 saturated heterocycles.